The number of halogens is 2. The van der Waals surface area contributed by atoms with E-state index in [4.69, 9.17) is 27.6 Å². The molecule has 3 aromatic rings. The fourth-order valence-electron chi connectivity index (χ4n) is 2.25. The summed E-state index contributed by atoms with van der Waals surface area (Å²) >= 11 is 11.9. The molecule has 0 aliphatic heterocycles. The summed E-state index contributed by atoms with van der Waals surface area (Å²) in [5, 5.41) is 3.62. The minimum Gasteiger partial charge on any atom is -0.467 e. The van der Waals surface area contributed by atoms with Gasteiger partial charge in [-0.2, -0.15) is 0 Å². The molecule has 0 saturated carbocycles. The second-order valence-electron chi connectivity index (χ2n) is 5.32. The molecule has 128 valence electrons. The van der Waals surface area contributed by atoms with Crippen LogP contribution in [0.2, 0.25) is 10.0 Å². The predicted octanol–water partition coefficient (Wildman–Crippen LogP) is 5.22. The van der Waals surface area contributed by atoms with Crippen LogP contribution in [0.1, 0.15) is 11.5 Å². The van der Waals surface area contributed by atoms with Crippen molar-refractivity contribution >= 4 is 34.9 Å². The summed E-state index contributed by atoms with van der Waals surface area (Å²) in [4.78, 5) is 18.6. The van der Waals surface area contributed by atoms with Gasteiger partial charge in [0.2, 0.25) is 0 Å². The lowest BCUT2D eigenvalue weighted by atomic mass is 10.3. The van der Waals surface area contributed by atoms with Gasteiger partial charge in [-0.15, -0.1) is 0 Å². The van der Waals surface area contributed by atoms with Crippen molar-refractivity contribution in [2.45, 2.75) is 13.1 Å². The summed E-state index contributed by atoms with van der Waals surface area (Å²) in [6.45, 7) is 0.658. The Bertz CT molecular complexity index is 839. The number of amides is 2. The molecule has 5 nitrogen and oxygen atoms in total. The van der Waals surface area contributed by atoms with Gasteiger partial charge in [0.1, 0.15) is 5.76 Å². The Balaban J connectivity index is 1.77. The summed E-state index contributed by atoms with van der Waals surface area (Å²) in [5.74, 6) is 0.681. The van der Waals surface area contributed by atoms with Gasteiger partial charge in [0.25, 0.3) is 0 Å². The van der Waals surface area contributed by atoms with E-state index in [1.54, 1.807) is 41.6 Å². The fraction of sp³-hybridized carbons (Fsp3) is 0.111. The lowest BCUT2D eigenvalue weighted by molar-refractivity contribution is 0.200. The normalized spacial score (nSPS) is 10.5. The van der Waals surface area contributed by atoms with Gasteiger partial charge >= 0.3 is 6.03 Å². The fourth-order valence-corrected chi connectivity index (χ4v) is 2.55. The average molecular weight is 376 g/mol. The number of anilines is 1. The number of urea groups is 1. The average Bonchev–Trinajstić information content (AvgIpc) is 3.12. The largest absolute Gasteiger partial charge is 0.467 e. The van der Waals surface area contributed by atoms with Crippen LogP contribution in [-0.2, 0) is 13.1 Å². The first-order valence-corrected chi connectivity index (χ1v) is 8.30. The molecule has 0 fully saturated rings. The molecule has 0 unspecified atom stereocenters. The number of aromatic nitrogens is 1. The van der Waals surface area contributed by atoms with Crippen molar-refractivity contribution in [1.82, 2.24) is 9.88 Å². The highest BCUT2D eigenvalue weighted by Gasteiger charge is 2.17. The molecule has 2 heterocycles. The van der Waals surface area contributed by atoms with Gasteiger partial charge in [0.15, 0.2) is 0 Å². The first-order valence-electron chi connectivity index (χ1n) is 7.55. The van der Waals surface area contributed by atoms with Gasteiger partial charge in [-0.1, -0.05) is 29.3 Å². The van der Waals surface area contributed by atoms with E-state index >= 15 is 0 Å². The van der Waals surface area contributed by atoms with E-state index in [2.05, 4.69) is 10.3 Å². The third-order valence-corrected chi connectivity index (χ3v) is 4.20. The molecule has 3 rings (SSSR count). The lowest BCUT2D eigenvalue weighted by Gasteiger charge is -2.22. The number of carbonyl (C=O) groups is 1. The van der Waals surface area contributed by atoms with Gasteiger partial charge in [0.05, 0.1) is 35.1 Å². The van der Waals surface area contributed by atoms with Crippen LogP contribution in [0.5, 0.6) is 0 Å². The molecule has 0 radical (unpaired) electrons. The highest BCUT2D eigenvalue weighted by atomic mass is 35.5. The molecule has 2 amide bonds. The Labute approximate surface area is 155 Å². The maximum atomic E-state index is 12.7. The van der Waals surface area contributed by atoms with Crippen LogP contribution < -0.4 is 5.32 Å². The summed E-state index contributed by atoms with van der Waals surface area (Å²) in [6, 6.07) is 13.8. The molecular weight excluding hydrogens is 361 g/mol. The Hall–Kier alpha value is -2.50. The minimum atomic E-state index is -0.291. The summed E-state index contributed by atoms with van der Waals surface area (Å²) in [6.07, 6.45) is 3.27. The lowest BCUT2D eigenvalue weighted by Crippen LogP contribution is -2.34. The van der Waals surface area contributed by atoms with Crippen molar-refractivity contribution in [3.63, 3.8) is 0 Å². The Morgan fingerprint density at radius 2 is 1.96 bits per heavy atom. The molecule has 0 saturated heterocycles. The second kappa shape index (κ2) is 8.05. The summed E-state index contributed by atoms with van der Waals surface area (Å²) in [5.41, 5.74) is 1.34. The number of hydrogen-bond donors (Lipinski definition) is 1. The van der Waals surface area contributed by atoms with Crippen molar-refractivity contribution in [3.05, 3.63) is 82.5 Å². The molecule has 2 aromatic heterocycles. The zero-order chi connectivity index (χ0) is 17.6. The molecule has 0 aliphatic rings. The van der Waals surface area contributed by atoms with Crippen molar-refractivity contribution in [2.24, 2.45) is 0 Å². The van der Waals surface area contributed by atoms with Crippen molar-refractivity contribution in [3.8, 4) is 0 Å². The monoisotopic (exact) mass is 375 g/mol. The van der Waals surface area contributed by atoms with Crippen LogP contribution in [-0.4, -0.2) is 15.9 Å². The van der Waals surface area contributed by atoms with Crippen molar-refractivity contribution in [1.29, 1.82) is 0 Å². The second-order valence-corrected chi connectivity index (χ2v) is 6.13. The molecule has 0 atom stereocenters. The topological polar surface area (TPSA) is 58.4 Å². The van der Waals surface area contributed by atoms with Crippen LogP contribution in [0.25, 0.3) is 0 Å². The van der Waals surface area contributed by atoms with Gasteiger partial charge < -0.3 is 14.6 Å². The number of nitrogens with zero attached hydrogens (tertiary/aromatic N) is 2. The first kappa shape index (κ1) is 17.3. The number of nitrogens with one attached hydrogen (secondary N) is 1. The Kier molecular flexibility index (Phi) is 5.58. The molecular formula is C18H15Cl2N3O2. The van der Waals surface area contributed by atoms with Crippen LogP contribution in [0.15, 0.2) is 65.4 Å². The Morgan fingerprint density at radius 1 is 1.08 bits per heavy atom. The van der Waals surface area contributed by atoms with Gasteiger partial charge in [0, 0.05) is 11.9 Å². The predicted molar refractivity (Wildman–Crippen MR) is 97.7 cm³/mol. The molecule has 1 N–H and O–H groups in total. The number of rotatable bonds is 5. The van der Waals surface area contributed by atoms with Crippen LogP contribution in [0.3, 0.4) is 0 Å². The summed E-state index contributed by atoms with van der Waals surface area (Å²) < 4.78 is 5.36. The van der Waals surface area contributed by atoms with E-state index in [-0.39, 0.29) is 6.03 Å². The number of pyridine rings is 1. The maximum Gasteiger partial charge on any atom is 0.322 e. The zero-order valence-corrected chi connectivity index (χ0v) is 14.7. The van der Waals surface area contributed by atoms with Gasteiger partial charge in [-0.05, 0) is 42.5 Å². The molecule has 0 spiro atoms. The first-order chi connectivity index (χ1) is 12.1. The van der Waals surface area contributed by atoms with Crippen LogP contribution >= 0.6 is 23.2 Å². The molecule has 25 heavy (non-hydrogen) atoms. The van der Waals surface area contributed by atoms with Crippen LogP contribution in [0.4, 0.5) is 10.5 Å². The van der Waals surface area contributed by atoms with Crippen molar-refractivity contribution < 1.29 is 9.21 Å². The SMILES string of the molecule is O=C(Nc1ccc(Cl)c(Cl)c1)N(Cc1ccccn1)Cc1ccco1. The van der Waals surface area contributed by atoms with E-state index < -0.39 is 0 Å². The number of hydrogen-bond acceptors (Lipinski definition) is 3. The van der Waals surface area contributed by atoms with Crippen molar-refractivity contribution in [2.75, 3.05) is 5.32 Å². The third kappa shape index (κ3) is 4.75. The molecule has 1 aromatic carbocycles. The van der Waals surface area contributed by atoms with Gasteiger partial charge in [-0.3, -0.25) is 4.98 Å². The van der Waals surface area contributed by atoms with Gasteiger partial charge in [-0.25, -0.2) is 4.79 Å². The number of benzene rings is 1. The Morgan fingerprint density at radius 3 is 2.64 bits per heavy atom. The molecule has 0 bridgehead atoms. The quantitative estimate of drug-likeness (QED) is 0.665. The molecule has 7 heteroatoms. The highest BCUT2D eigenvalue weighted by molar-refractivity contribution is 6.42. The zero-order valence-electron chi connectivity index (χ0n) is 13.2. The standard InChI is InChI=1S/C18H15Cl2N3O2/c19-16-7-6-13(10-17(16)20)22-18(24)23(12-15-5-3-9-25-15)11-14-4-1-2-8-21-14/h1-10H,11-12H2,(H,22,24). The third-order valence-electron chi connectivity index (χ3n) is 3.46. The van der Waals surface area contributed by atoms with E-state index in [9.17, 15) is 4.79 Å². The number of carbonyl (C=O) groups excluding carboxylic acids is 1. The maximum absolute atomic E-state index is 12.7. The van der Waals surface area contributed by atoms with E-state index in [1.807, 2.05) is 24.3 Å². The highest BCUT2D eigenvalue weighted by Crippen LogP contribution is 2.25. The van der Waals surface area contributed by atoms with E-state index in [1.165, 1.54) is 0 Å². The van der Waals surface area contributed by atoms with E-state index in [0.29, 0.717) is 34.6 Å². The minimum absolute atomic E-state index is 0.291. The molecule has 0 aliphatic carbocycles. The van der Waals surface area contributed by atoms with Crippen LogP contribution in [0, 0.1) is 0 Å². The van der Waals surface area contributed by atoms with E-state index in [0.717, 1.165) is 5.69 Å². The number of furan rings is 1. The summed E-state index contributed by atoms with van der Waals surface area (Å²) in [7, 11) is 0. The smallest absolute Gasteiger partial charge is 0.322 e.